The Bertz CT molecular complexity index is 967. The third kappa shape index (κ3) is 3.96. The molecule has 1 aromatic heterocycles. The van der Waals surface area contributed by atoms with Gasteiger partial charge in [0.15, 0.2) is 0 Å². The molecule has 25 heavy (non-hydrogen) atoms. The van der Waals surface area contributed by atoms with Crippen LogP contribution in [0.1, 0.15) is 15.2 Å². The predicted octanol–water partition coefficient (Wildman–Crippen LogP) is 3.78. The van der Waals surface area contributed by atoms with Gasteiger partial charge in [0, 0.05) is 10.1 Å². The van der Waals surface area contributed by atoms with E-state index >= 15 is 0 Å². The number of hydrogen-bond acceptors (Lipinski definition) is 5. The maximum Gasteiger partial charge on any atom is 0.355 e. The van der Waals surface area contributed by atoms with Crippen molar-refractivity contribution in [3.05, 3.63) is 64.0 Å². The second-order valence-corrected chi connectivity index (χ2v) is 6.36. The molecule has 0 saturated heterocycles. The highest BCUT2D eigenvalue weighted by molar-refractivity contribution is 7.21. The number of halogens is 1. The Morgan fingerprint density at radius 2 is 1.88 bits per heavy atom. The summed E-state index contributed by atoms with van der Waals surface area (Å²) in [6.07, 6.45) is 1.42. The first-order chi connectivity index (χ1) is 12.0. The molecule has 0 aliphatic rings. The van der Waals surface area contributed by atoms with Gasteiger partial charge in [-0.05, 0) is 35.9 Å². The average Bonchev–Trinajstić information content (AvgIpc) is 2.94. The van der Waals surface area contributed by atoms with Crippen LogP contribution >= 0.6 is 22.9 Å². The zero-order chi connectivity index (χ0) is 17.8. The van der Waals surface area contributed by atoms with E-state index in [9.17, 15) is 9.59 Å². The Labute approximate surface area is 151 Å². The largest absolute Gasteiger partial charge is 0.422 e. The molecule has 0 bridgehead atoms. The van der Waals surface area contributed by atoms with E-state index < -0.39 is 12.0 Å². The van der Waals surface area contributed by atoms with Crippen LogP contribution in [0.25, 0.3) is 10.1 Å². The lowest BCUT2D eigenvalue weighted by molar-refractivity contribution is 0.0740. The summed E-state index contributed by atoms with van der Waals surface area (Å²) in [6, 6.07) is 13.4. The smallest absolute Gasteiger partial charge is 0.355 e. The van der Waals surface area contributed by atoms with Gasteiger partial charge in [-0.2, -0.15) is 5.10 Å². The highest BCUT2D eigenvalue weighted by Gasteiger charge is 2.18. The third-order valence-electron chi connectivity index (χ3n) is 3.20. The minimum absolute atomic E-state index is 0.360. The van der Waals surface area contributed by atoms with E-state index in [0.29, 0.717) is 21.2 Å². The van der Waals surface area contributed by atoms with Gasteiger partial charge in [0.25, 0.3) is 0 Å². The second kappa shape index (κ2) is 7.33. The normalized spacial score (nSPS) is 10.9. The number of primary amides is 1. The van der Waals surface area contributed by atoms with E-state index in [4.69, 9.17) is 22.1 Å². The summed E-state index contributed by atoms with van der Waals surface area (Å²) in [7, 11) is 0. The van der Waals surface area contributed by atoms with Crippen LogP contribution < -0.4 is 15.9 Å². The first-order valence-electron chi connectivity index (χ1n) is 7.12. The lowest BCUT2D eigenvalue weighted by Crippen LogP contribution is -2.24. The molecule has 126 valence electrons. The lowest BCUT2D eigenvalue weighted by atomic mass is 10.2. The minimum atomic E-state index is -0.748. The van der Waals surface area contributed by atoms with Crippen molar-refractivity contribution < 1.29 is 14.3 Å². The number of hydrazone groups is 1. The number of amides is 2. The van der Waals surface area contributed by atoms with Crippen LogP contribution in [-0.2, 0) is 0 Å². The van der Waals surface area contributed by atoms with Crippen LogP contribution in [0, 0.1) is 0 Å². The van der Waals surface area contributed by atoms with Gasteiger partial charge in [-0.25, -0.2) is 15.0 Å². The summed E-state index contributed by atoms with van der Waals surface area (Å²) in [5, 5.41) is 4.87. The van der Waals surface area contributed by atoms with E-state index in [2.05, 4.69) is 10.5 Å². The fraction of sp³-hybridized carbons (Fsp3) is 0. The number of urea groups is 1. The number of ether oxygens (including phenoxy) is 1. The number of esters is 1. The first-order valence-corrected chi connectivity index (χ1v) is 8.32. The fourth-order valence-electron chi connectivity index (χ4n) is 2.09. The predicted molar refractivity (Wildman–Crippen MR) is 98.5 cm³/mol. The molecule has 2 amide bonds. The molecular weight excluding hydrogens is 362 g/mol. The summed E-state index contributed by atoms with van der Waals surface area (Å²) < 4.78 is 6.29. The van der Waals surface area contributed by atoms with Crippen LogP contribution in [-0.4, -0.2) is 18.2 Å². The zero-order valence-corrected chi connectivity index (χ0v) is 14.3. The second-order valence-electron chi connectivity index (χ2n) is 4.93. The number of rotatable bonds is 4. The molecule has 3 N–H and O–H groups in total. The Kier molecular flexibility index (Phi) is 4.97. The number of carbonyl (C=O) groups excluding carboxylic acids is 2. The van der Waals surface area contributed by atoms with E-state index in [-0.39, 0.29) is 0 Å². The molecule has 0 spiro atoms. The maximum absolute atomic E-state index is 12.4. The Morgan fingerprint density at radius 1 is 1.16 bits per heavy atom. The Hall–Kier alpha value is -2.90. The van der Waals surface area contributed by atoms with Crippen molar-refractivity contribution in [3.63, 3.8) is 0 Å². The van der Waals surface area contributed by atoms with Crippen molar-refractivity contribution in [2.45, 2.75) is 0 Å². The van der Waals surface area contributed by atoms with E-state index in [0.717, 1.165) is 10.1 Å². The molecule has 1 heterocycles. The molecular formula is C17H12ClN3O3S. The molecule has 0 radical (unpaired) electrons. The molecule has 0 aliphatic heterocycles. The number of thiophene rings is 1. The van der Waals surface area contributed by atoms with Crippen LogP contribution in [0.4, 0.5) is 4.79 Å². The molecule has 0 atom stereocenters. The van der Waals surface area contributed by atoms with Crippen LogP contribution in [0.3, 0.4) is 0 Å². The van der Waals surface area contributed by atoms with Crippen LogP contribution in [0.5, 0.6) is 5.75 Å². The zero-order valence-electron chi connectivity index (χ0n) is 12.7. The molecule has 8 heteroatoms. The average molecular weight is 374 g/mol. The van der Waals surface area contributed by atoms with Gasteiger partial charge in [-0.15, -0.1) is 11.3 Å². The van der Waals surface area contributed by atoms with Crippen molar-refractivity contribution in [3.8, 4) is 5.75 Å². The van der Waals surface area contributed by atoms with Gasteiger partial charge in [-0.1, -0.05) is 29.8 Å². The fourth-order valence-corrected chi connectivity index (χ4v) is 3.48. The summed E-state index contributed by atoms with van der Waals surface area (Å²) >= 11 is 7.56. The number of nitrogens with zero attached hydrogens (tertiary/aromatic N) is 1. The Balaban J connectivity index is 1.73. The number of nitrogens with one attached hydrogen (secondary N) is 1. The summed E-state index contributed by atoms with van der Waals surface area (Å²) in [4.78, 5) is 23.2. The summed E-state index contributed by atoms with van der Waals surface area (Å²) in [5.41, 5.74) is 7.69. The molecule has 3 rings (SSSR count). The molecule has 0 aliphatic carbocycles. The summed E-state index contributed by atoms with van der Waals surface area (Å²) in [5.74, 6) is -0.137. The Morgan fingerprint density at radius 3 is 2.56 bits per heavy atom. The highest BCUT2D eigenvalue weighted by Crippen LogP contribution is 2.35. The molecule has 0 unspecified atom stereocenters. The minimum Gasteiger partial charge on any atom is -0.422 e. The topological polar surface area (TPSA) is 93.8 Å². The number of hydrogen-bond donors (Lipinski definition) is 2. The van der Waals surface area contributed by atoms with Gasteiger partial charge in [0.05, 0.1) is 11.2 Å². The van der Waals surface area contributed by atoms with Gasteiger partial charge in [0.2, 0.25) is 0 Å². The molecule has 3 aromatic rings. The number of fused-ring (bicyclic) bond motifs is 1. The quantitative estimate of drug-likeness (QED) is 0.315. The van der Waals surface area contributed by atoms with Crippen molar-refractivity contribution in [2.75, 3.05) is 0 Å². The molecule has 6 nitrogen and oxygen atoms in total. The standard InChI is InChI=1S/C17H12ClN3O3S/c18-14-12-3-1-2-4-13(12)25-15(14)16(22)24-11-7-5-10(6-8-11)9-20-21-17(19)23/h1-9H,(H3,19,21,23). The number of carbonyl (C=O) groups is 2. The summed E-state index contributed by atoms with van der Waals surface area (Å²) in [6.45, 7) is 0. The number of benzene rings is 2. The molecule has 0 saturated carbocycles. The van der Waals surface area contributed by atoms with Gasteiger partial charge >= 0.3 is 12.0 Å². The van der Waals surface area contributed by atoms with Gasteiger partial charge < -0.3 is 10.5 Å². The van der Waals surface area contributed by atoms with Crippen molar-refractivity contribution in [1.29, 1.82) is 0 Å². The van der Waals surface area contributed by atoms with Crippen molar-refractivity contribution in [2.24, 2.45) is 10.8 Å². The van der Waals surface area contributed by atoms with E-state index in [1.165, 1.54) is 17.6 Å². The first kappa shape index (κ1) is 16.9. The van der Waals surface area contributed by atoms with Crippen LogP contribution in [0.2, 0.25) is 5.02 Å². The monoisotopic (exact) mass is 373 g/mol. The lowest BCUT2D eigenvalue weighted by Gasteiger charge is -2.03. The van der Waals surface area contributed by atoms with Crippen molar-refractivity contribution in [1.82, 2.24) is 5.43 Å². The van der Waals surface area contributed by atoms with Crippen LogP contribution in [0.15, 0.2) is 53.6 Å². The van der Waals surface area contributed by atoms with E-state index in [1.807, 2.05) is 24.3 Å². The van der Waals surface area contributed by atoms with E-state index in [1.54, 1.807) is 24.3 Å². The molecule has 2 aromatic carbocycles. The third-order valence-corrected chi connectivity index (χ3v) is 4.85. The number of nitrogens with two attached hydrogens (primary N) is 1. The van der Waals surface area contributed by atoms with Gasteiger partial charge in [0.1, 0.15) is 10.6 Å². The van der Waals surface area contributed by atoms with Crippen molar-refractivity contribution >= 4 is 51.2 Å². The SMILES string of the molecule is NC(=O)NN=Cc1ccc(OC(=O)c2sc3ccccc3c2Cl)cc1. The highest BCUT2D eigenvalue weighted by atomic mass is 35.5. The molecule has 0 fully saturated rings. The maximum atomic E-state index is 12.4. The van der Waals surface area contributed by atoms with Gasteiger partial charge in [-0.3, -0.25) is 0 Å².